The number of rotatable bonds is 18. The number of aliphatic hydroxyl groups excluding tert-OH is 2. The number of aliphatic imine (C=N–C) groups is 2. The van der Waals surface area contributed by atoms with Crippen molar-refractivity contribution in [3.63, 3.8) is 0 Å². The minimum Gasteiger partial charge on any atom is -0.395 e. The van der Waals surface area contributed by atoms with Crippen molar-refractivity contribution in [2.24, 2.45) is 20.8 Å². The number of nitrogens with one attached hydrogen (secondary N) is 6. The van der Waals surface area contributed by atoms with E-state index in [4.69, 9.17) is 15.0 Å². The van der Waals surface area contributed by atoms with Gasteiger partial charge in [0.1, 0.15) is 0 Å². The number of anilines is 6. The molecule has 5 atom stereocenters. The van der Waals surface area contributed by atoms with Crippen LogP contribution < -0.4 is 41.7 Å². The third kappa shape index (κ3) is 10.9. The number of hydrogen-bond donors (Lipinski definition) is 8. The van der Waals surface area contributed by atoms with E-state index >= 15 is 0 Å². The van der Waals surface area contributed by atoms with E-state index < -0.39 is 90.8 Å². The van der Waals surface area contributed by atoms with Crippen molar-refractivity contribution in [3.8, 4) is 0 Å². The first-order valence-electron chi connectivity index (χ1n) is 25.1. The fraction of sp³-hybridized carbons (Fsp3) is 0.263. The molecule has 2 aliphatic heterocycles. The van der Waals surface area contributed by atoms with Crippen molar-refractivity contribution in [2.45, 2.75) is 44.9 Å². The average Bonchev–Trinajstić information content (AvgIpc) is 4.38. The Kier molecular flexibility index (Phi) is 15.3. The number of Topliss-reactive ketones (excluding diaryl/α,β-unsaturated/α-hetero) is 2. The van der Waals surface area contributed by atoms with Gasteiger partial charge in [0.25, 0.3) is 11.8 Å². The van der Waals surface area contributed by atoms with Gasteiger partial charge in [-0.15, -0.1) is 0 Å². The summed E-state index contributed by atoms with van der Waals surface area (Å²) < 4.78 is 0. The molecule has 3 aliphatic rings. The van der Waals surface area contributed by atoms with Crippen LogP contribution in [0.1, 0.15) is 60.7 Å². The van der Waals surface area contributed by atoms with Gasteiger partial charge in [0, 0.05) is 60.4 Å². The SMILES string of the molecule is CC[C@](C)(CO)C(=O)CN1C(=O)[C@H](NC(=O)Nc2cccc(NC)c2)N=C(c2cc(C3CC3(CO)C(=O)CN3C(=O)[C@H](NC(=O)Nc4cccc(NC)c4)N=C(c4ccccn4)c4ccccc43)ccn2)c2ccccc21. The van der Waals surface area contributed by atoms with Crippen LogP contribution >= 0.6 is 0 Å². The van der Waals surface area contributed by atoms with Crippen LogP contribution in [0.4, 0.5) is 43.7 Å². The predicted molar refractivity (Wildman–Crippen MR) is 294 cm³/mol. The molecule has 77 heavy (non-hydrogen) atoms. The van der Waals surface area contributed by atoms with Crippen LogP contribution in [0.2, 0.25) is 0 Å². The standard InChI is InChI=1S/C57H58N12O8/c1-5-56(2,32-70)46(72)30-68-45-22-9-7-19-40(45)49(65-51(52(68)74)67-55(77)63-38-17-13-15-36(28-38)59-4)43-26-34(23-25-61-43)41-29-57(41,33-71)47(73)31-69-44-21-8-6-18-39(44)48(42-20-10-11-24-60-42)64-50(53(69)75)66-54(76)62-37-16-12-14-35(27-37)58-3/h6-28,41,50-51,58-59,70-71H,5,29-33H2,1-4H3,(H2,62,66,76)(H2,63,67,77)/t41?,50-,51-,56+,57?/m0/s1. The predicted octanol–water partition coefficient (Wildman–Crippen LogP) is 5.94. The van der Waals surface area contributed by atoms with Crippen molar-refractivity contribution in [3.05, 3.63) is 168 Å². The summed E-state index contributed by atoms with van der Waals surface area (Å²) in [5.74, 6) is -2.88. The van der Waals surface area contributed by atoms with Gasteiger partial charge in [-0.2, -0.15) is 0 Å². The number of urea groups is 2. The van der Waals surface area contributed by atoms with Gasteiger partial charge >= 0.3 is 12.1 Å². The summed E-state index contributed by atoms with van der Waals surface area (Å²) >= 11 is 0. The summed E-state index contributed by atoms with van der Waals surface area (Å²) in [4.78, 5) is 107. The number of benzodiazepines with no additional fused rings is 2. The number of aliphatic hydroxyl groups is 2. The molecule has 0 saturated heterocycles. The first-order chi connectivity index (χ1) is 37.2. The summed E-state index contributed by atoms with van der Waals surface area (Å²) in [6.07, 6.45) is 0.487. The van der Waals surface area contributed by atoms with E-state index in [1.165, 1.54) is 16.0 Å². The van der Waals surface area contributed by atoms with E-state index in [1.54, 1.807) is 149 Å². The van der Waals surface area contributed by atoms with E-state index in [-0.39, 0.29) is 17.8 Å². The lowest BCUT2D eigenvalue weighted by Gasteiger charge is -2.30. The van der Waals surface area contributed by atoms with Crippen LogP contribution in [-0.2, 0) is 19.2 Å². The number of ketones is 2. The number of fused-ring (bicyclic) bond motifs is 2. The molecule has 20 nitrogen and oxygen atoms in total. The summed E-state index contributed by atoms with van der Waals surface area (Å²) in [5, 5.41) is 38.4. The lowest BCUT2D eigenvalue weighted by molar-refractivity contribution is -0.130. The quantitative estimate of drug-likeness (QED) is 0.0497. The van der Waals surface area contributed by atoms with Gasteiger partial charge in [-0.05, 0) is 97.1 Å². The molecule has 6 amide bonds. The molecular weight excluding hydrogens is 981 g/mol. The Labute approximate surface area is 444 Å². The number of benzene rings is 4. The van der Waals surface area contributed by atoms with E-state index in [9.17, 15) is 39.0 Å². The van der Waals surface area contributed by atoms with Crippen molar-refractivity contribution < 1.29 is 39.0 Å². The lowest BCUT2D eigenvalue weighted by atomic mass is 9.83. The summed E-state index contributed by atoms with van der Waals surface area (Å²) in [7, 11) is 3.48. The molecule has 0 spiro atoms. The van der Waals surface area contributed by atoms with Crippen molar-refractivity contribution in [2.75, 3.05) is 71.5 Å². The Morgan fingerprint density at radius 3 is 1.68 bits per heavy atom. The third-order valence-corrected chi connectivity index (χ3v) is 14.4. The highest BCUT2D eigenvalue weighted by Crippen LogP contribution is 2.60. The van der Waals surface area contributed by atoms with Crippen LogP contribution in [-0.4, -0.2) is 120 Å². The molecule has 2 unspecified atom stereocenters. The van der Waals surface area contributed by atoms with E-state index in [1.807, 2.05) is 12.1 Å². The number of nitrogens with zero attached hydrogens (tertiary/aromatic N) is 6. The Hall–Kier alpha value is -9.14. The maximum absolute atomic E-state index is 15.0. The molecule has 20 heteroatoms. The van der Waals surface area contributed by atoms with E-state index in [0.29, 0.717) is 57.3 Å². The highest BCUT2D eigenvalue weighted by Gasteiger charge is 2.60. The number of hydrogen-bond acceptors (Lipinski definition) is 14. The fourth-order valence-electron chi connectivity index (χ4n) is 9.51. The second-order valence-corrected chi connectivity index (χ2v) is 19.2. The number of para-hydroxylation sites is 2. The first kappa shape index (κ1) is 52.7. The van der Waals surface area contributed by atoms with Crippen molar-refractivity contribution >= 4 is 81.0 Å². The zero-order valence-electron chi connectivity index (χ0n) is 42.8. The largest absolute Gasteiger partial charge is 0.395 e. The summed E-state index contributed by atoms with van der Waals surface area (Å²) in [6.45, 7) is 1.42. The fourth-order valence-corrected chi connectivity index (χ4v) is 9.51. The van der Waals surface area contributed by atoms with Crippen LogP contribution in [0, 0.1) is 10.8 Å². The smallest absolute Gasteiger partial charge is 0.321 e. The zero-order chi connectivity index (χ0) is 54.4. The highest BCUT2D eigenvalue weighted by molar-refractivity contribution is 6.22. The zero-order valence-corrected chi connectivity index (χ0v) is 42.8. The van der Waals surface area contributed by atoms with Gasteiger partial charge in [0.05, 0.1) is 71.3 Å². The Morgan fingerprint density at radius 2 is 1.16 bits per heavy atom. The molecule has 6 aromatic rings. The van der Waals surface area contributed by atoms with Crippen LogP contribution in [0.5, 0.6) is 0 Å². The second-order valence-electron chi connectivity index (χ2n) is 19.2. The van der Waals surface area contributed by atoms with Gasteiger partial charge < -0.3 is 51.9 Å². The molecule has 2 aromatic heterocycles. The molecular formula is C57H58N12O8. The van der Waals surface area contributed by atoms with Gasteiger partial charge in [-0.25, -0.2) is 19.6 Å². The third-order valence-electron chi connectivity index (χ3n) is 14.4. The first-order valence-corrected chi connectivity index (χ1v) is 25.1. The van der Waals surface area contributed by atoms with Crippen molar-refractivity contribution in [1.29, 1.82) is 0 Å². The second kappa shape index (κ2) is 22.4. The van der Waals surface area contributed by atoms with Crippen LogP contribution in [0.3, 0.4) is 0 Å². The Balaban J connectivity index is 1.04. The molecule has 0 bridgehead atoms. The maximum atomic E-state index is 15.0. The minimum atomic E-state index is -1.59. The molecule has 8 N–H and O–H groups in total. The van der Waals surface area contributed by atoms with Crippen LogP contribution in [0.25, 0.3) is 0 Å². The number of carbonyl (C=O) groups is 6. The summed E-state index contributed by atoms with van der Waals surface area (Å²) in [6, 6.07) is 34.9. The number of amides is 6. The number of carbonyl (C=O) groups excluding carboxylic acids is 6. The number of pyridine rings is 2. The monoisotopic (exact) mass is 1040 g/mol. The molecule has 394 valence electrons. The van der Waals surface area contributed by atoms with Gasteiger partial charge in [0.15, 0.2) is 11.6 Å². The molecule has 0 radical (unpaired) electrons. The lowest BCUT2D eigenvalue weighted by Crippen LogP contribution is -2.51. The van der Waals surface area contributed by atoms with E-state index in [2.05, 4.69) is 36.9 Å². The normalized spacial score (nSPS) is 19.4. The van der Waals surface area contributed by atoms with Gasteiger partial charge in [-0.1, -0.05) is 68.4 Å². The van der Waals surface area contributed by atoms with Gasteiger partial charge in [0.2, 0.25) is 12.3 Å². The Morgan fingerprint density at radius 1 is 0.636 bits per heavy atom. The molecule has 1 aliphatic carbocycles. The van der Waals surface area contributed by atoms with Crippen LogP contribution in [0.15, 0.2) is 150 Å². The Bertz CT molecular complexity index is 3330. The number of aromatic nitrogens is 2. The average molecular weight is 1040 g/mol. The van der Waals surface area contributed by atoms with Crippen molar-refractivity contribution in [1.82, 2.24) is 20.6 Å². The van der Waals surface area contributed by atoms with E-state index in [0.717, 1.165) is 11.4 Å². The molecule has 4 heterocycles. The molecule has 4 aromatic carbocycles. The summed E-state index contributed by atoms with van der Waals surface area (Å²) in [5.41, 5.74) is 3.09. The minimum absolute atomic E-state index is 0.183. The maximum Gasteiger partial charge on any atom is 0.321 e. The molecule has 1 saturated carbocycles. The molecule has 9 rings (SSSR count). The topological polar surface area (TPSA) is 272 Å². The van der Waals surface area contributed by atoms with Gasteiger partial charge in [-0.3, -0.25) is 29.1 Å². The highest BCUT2D eigenvalue weighted by atomic mass is 16.3. The molecule has 1 fully saturated rings.